The van der Waals surface area contributed by atoms with Crippen LogP contribution in [0.2, 0.25) is 0 Å². The zero-order valence-electron chi connectivity index (χ0n) is 23.4. The topological polar surface area (TPSA) is 52.5 Å². The van der Waals surface area contributed by atoms with Crippen molar-refractivity contribution in [3.8, 4) is 40.8 Å². The molecule has 0 bridgehead atoms. The second kappa shape index (κ2) is 9.63. The molecule has 1 aliphatic heterocycles. The number of nitrogens with zero attached hydrogens (tertiary/aromatic N) is 3. The van der Waals surface area contributed by atoms with E-state index in [1.165, 1.54) is 46.7 Å². The minimum absolute atomic E-state index is 0.639. The average molecular weight is 596 g/mol. The molecule has 0 fully saturated rings. The fourth-order valence-corrected chi connectivity index (χ4v) is 9.23. The molecule has 204 valence electrons. The molecule has 0 amide bonds. The second-order valence-electron chi connectivity index (χ2n) is 11.2. The lowest BCUT2D eigenvalue weighted by Gasteiger charge is -2.22. The molecule has 3 heterocycles. The summed E-state index contributed by atoms with van der Waals surface area (Å²) in [5.74, 6) is 6.75. The zero-order chi connectivity index (χ0) is 29.4. The van der Waals surface area contributed by atoms with Crippen LogP contribution in [0.1, 0.15) is 39.9 Å². The van der Waals surface area contributed by atoms with Gasteiger partial charge in [-0.15, -0.1) is 11.3 Å². The van der Waals surface area contributed by atoms with Crippen molar-refractivity contribution in [1.82, 2.24) is 4.57 Å². The molecule has 5 heteroatoms. The molecule has 0 saturated carbocycles. The van der Waals surface area contributed by atoms with Crippen molar-refractivity contribution in [2.45, 2.75) is 29.1 Å². The Labute approximate surface area is 262 Å². The highest BCUT2D eigenvalue weighted by Crippen LogP contribution is 2.47. The van der Waals surface area contributed by atoms with Crippen LogP contribution in [-0.2, 0) is 12.8 Å². The minimum Gasteiger partial charge on any atom is -0.300 e. The Morgan fingerprint density at radius 2 is 1.68 bits per heavy atom. The van der Waals surface area contributed by atoms with E-state index in [1.54, 1.807) is 0 Å². The Bertz CT molecular complexity index is 2540. The molecule has 0 unspecified atom stereocenters. The van der Waals surface area contributed by atoms with Gasteiger partial charge in [-0.25, -0.2) is 0 Å². The highest BCUT2D eigenvalue weighted by Gasteiger charge is 2.25. The van der Waals surface area contributed by atoms with E-state index in [0.717, 1.165) is 52.7 Å². The Morgan fingerprint density at radius 1 is 0.773 bits per heavy atom. The van der Waals surface area contributed by atoms with Gasteiger partial charge in [0.1, 0.15) is 11.8 Å². The van der Waals surface area contributed by atoms with E-state index in [2.05, 4.69) is 95.3 Å². The largest absolute Gasteiger partial charge is 0.300 e. The maximum absolute atomic E-state index is 10.3. The maximum atomic E-state index is 10.3. The van der Waals surface area contributed by atoms with E-state index in [9.17, 15) is 10.5 Å². The number of para-hydroxylation sites is 2. The van der Waals surface area contributed by atoms with Gasteiger partial charge in [-0.3, -0.25) is 0 Å². The van der Waals surface area contributed by atoms with Crippen LogP contribution >= 0.6 is 23.1 Å². The van der Waals surface area contributed by atoms with E-state index in [4.69, 9.17) is 0 Å². The SMILES string of the molecule is N#Cc1ccc2sc3c4c(ccc3c2c1)Sc1ccc(-c2cccc(C#N)c2-n2c3c(c5ccccc52)CCC#C3)cc1C4. The Balaban J connectivity index is 1.22. The zero-order valence-corrected chi connectivity index (χ0v) is 25.1. The smallest absolute Gasteiger partial charge is 0.101 e. The summed E-state index contributed by atoms with van der Waals surface area (Å²) in [4.78, 5) is 2.56. The number of fused-ring (bicyclic) bond motifs is 9. The lowest BCUT2D eigenvalue weighted by molar-refractivity contribution is 0.984. The van der Waals surface area contributed by atoms with Crippen LogP contribution in [0.4, 0.5) is 0 Å². The fourth-order valence-electron chi connectivity index (χ4n) is 6.87. The predicted octanol–water partition coefficient (Wildman–Crippen LogP) is 9.76. The molecule has 44 heavy (non-hydrogen) atoms. The highest BCUT2D eigenvalue weighted by atomic mass is 32.2. The molecule has 0 atom stereocenters. The molecule has 0 radical (unpaired) electrons. The van der Waals surface area contributed by atoms with Gasteiger partial charge in [0.2, 0.25) is 0 Å². The Kier molecular flexibility index (Phi) is 5.53. The molecule has 2 aliphatic rings. The fraction of sp³-hybridized carbons (Fsp3) is 0.0769. The van der Waals surface area contributed by atoms with Crippen molar-refractivity contribution in [1.29, 1.82) is 10.5 Å². The van der Waals surface area contributed by atoms with Crippen LogP contribution in [0.5, 0.6) is 0 Å². The number of aryl methyl sites for hydroxylation is 1. The minimum atomic E-state index is 0.639. The molecule has 5 aromatic carbocycles. The summed E-state index contributed by atoms with van der Waals surface area (Å²) in [6, 6.07) is 36.5. The van der Waals surface area contributed by atoms with Crippen molar-refractivity contribution in [2.24, 2.45) is 0 Å². The van der Waals surface area contributed by atoms with Crippen molar-refractivity contribution in [3.05, 3.63) is 125 Å². The summed E-state index contributed by atoms with van der Waals surface area (Å²) in [7, 11) is 0. The first-order valence-electron chi connectivity index (χ1n) is 14.6. The standard InChI is InChI=1S/C39H21N3S2/c40-21-23-12-15-36-31(18-23)30-14-17-37-32(39(30)44-36)20-26-19-24(13-16-35(26)43-37)27-9-5-6-25(22-41)38(27)42-33-10-3-1-7-28(33)29-8-2-4-11-34(29)42/h1,3,5-7,9-10,12-19H,2,8,20H2. The van der Waals surface area contributed by atoms with Crippen LogP contribution < -0.4 is 0 Å². The number of aromatic nitrogens is 1. The first-order valence-corrected chi connectivity index (χ1v) is 16.2. The number of benzene rings is 5. The van der Waals surface area contributed by atoms with Crippen molar-refractivity contribution in [3.63, 3.8) is 0 Å². The van der Waals surface area contributed by atoms with Gasteiger partial charge in [-0.1, -0.05) is 60.1 Å². The molecule has 2 aromatic heterocycles. The van der Waals surface area contributed by atoms with E-state index in [1.807, 2.05) is 47.4 Å². The van der Waals surface area contributed by atoms with Gasteiger partial charge in [-0.2, -0.15) is 10.5 Å². The molecular formula is C39H21N3S2. The average Bonchev–Trinajstić information content (AvgIpc) is 3.62. The maximum Gasteiger partial charge on any atom is 0.101 e. The van der Waals surface area contributed by atoms with E-state index in [-0.39, 0.29) is 0 Å². The summed E-state index contributed by atoms with van der Waals surface area (Å²) < 4.78 is 4.73. The van der Waals surface area contributed by atoms with E-state index in [0.29, 0.717) is 11.1 Å². The molecule has 7 aromatic rings. The molecule has 9 rings (SSSR count). The highest BCUT2D eigenvalue weighted by molar-refractivity contribution is 7.99. The molecule has 3 nitrogen and oxygen atoms in total. The van der Waals surface area contributed by atoms with Crippen molar-refractivity contribution < 1.29 is 0 Å². The number of nitriles is 2. The first kappa shape index (κ1) is 25.3. The molecule has 0 N–H and O–H groups in total. The van der Waals surface area contributed by atoms with Gasteiger partial charge in [-0.05, 0) is 83.1 Å². The van der Waals surface area contributed by atoms with Gasteiger partial charge in [0.25, 0.3) is 0 Å². The second-order valence-corrected chi connectivity index (χ2v) is 13.4. The van der Waals surface area contributed by atoms with Gasteiger partial charge in [0, 0.05) is 53.8 Å². The monoisotopic (exact) mass is 595 g/mol. The number of thiophene rings is 1. The number of hydrogen-bond donors (Lipinski definition) is 0. The molecule has 1 aliphatic carbocycles. The first-order chi connectivity index (χ1) is 21.7. The van der Waals surface area contributed by atoms with Crippen LogP contribution in [0, 0.1) is 34.5 Å². The third-order valence-corrected chi connectivity index (χ3v) is 11.3. The third-order valence-electron chi connectivity index (χ3n) is 8.85. The Morgan fingerprint density at radius 3 is 2.59 bits per heavy atom. The van der Waals surface area contributed by atoms with E-state index >= 15 is 0 Å². The summed E-state index contributed by atoms with van der Waals surface area (Å²) >= 11 is 3.64. The predicted molar refractivity (Wildman–Crippen MR) is 180 cm³/mol. The van der Waals surface area contributed by atoms with Crippen molar-refractivity contribution >= 4 is 54.2 Å². The van der Waals surface area contributed by atoms with Gasteiger partial charge in [0.05, 0.1) is 28.4 Å². The van der Waals surface area contributed by atoms with Crippen LogP contribution in [-0.4, -0.2) is 4.57 Å². The normalized spacial score (nSPS) is 13.0. The summed E-state index contributed by atoms with van der Waals surface area (Å²) in [5.41, 5.74) is 10.3. The molecular weight excluding hydrogens is 575 g/mol. The van der Waals surface area contributed by atoms with Gasteiger partial charge < -0.3 is 4.57 Å². The van der Waals surface area contributed by atoms with Crippen molar-refractivity contribution in [2.75, 3.05) is 0 Å². The van der Waals surface area contributed by atoms with Gasteiger partial charge >= 0.3 is 0 Å². The number of hydrogen-bond acceptors (Lipinski definition) is 4. The summed E-state index contributed by atoms with van der Waals surface area (Å²) in [5, 5.41) is 23.4. The molecule has 0 saturated heterocycles. The summed E-state index contributed by atoms with van der Waals surface area (Å²) in [6.45, 7) is 0. The van der Waals surface area contributed by atoms with Crippen LogP contribution in [0.15, 0.2) is 101 Å². The van der Waals surface area contributed by atoms with Crippen LogP contribution in [0.3, 0.4) is 0 Å². The lowest BCUT2D eigenvalue weighted by Crippen LogP contribution is -2.06. The number of rotatable bonds is 2. The van der Waals surface area contributed by atoms with Gasteiger partial charge in [0.15, 0.2) is 0 Å². The van der Waals surface area contributed by atoms with E-state index < -0.39 is 0 Å². The van der Waals surface area contributed by atoms with Crippen LogP contribution in [0.25, 0.3) is 47.9 Å². The Hall–Kier alpha value is -5.25. The quantitative estimate of drug-likeness (QED) is 0.187. The lowest BCUT2D eigenvalue weighted by atomic mass is 9.95. The molecule has 0 spiro atoms. The summed E-state index contributed by atoms with van der Waals surface area (Å²) in [6.07, 6.45) is 2.60. The third kappa shape index (κ3) is 3.63.